The monoisotopic (exact) mass is 355 g/mol. The van der Waals surface area contributed by atoms with Gasteiger partial charge in [-0.1, -0.05) is 0 Å². The maximum Gasteiger partial charge on any atom is 0.252 e. The van der Waals surface area contributed by atoms with Crippen LogP contribution in [0.25, 0.3) is 0 Å². The Hall–Kier alpha value is -2.25. The van der Waals surface area contributed by atoms with Crippen LogP contribution < -0.4 is 5.32 Å². The smallest absolute Gasteiger partial charge is 0.252 e. The lowest BCUT2D eigenvalue weighted by molar-refractivity contribution is 0.0158. The quantitative estimate of drug-likeness (QED) is 0.883. The predicted molar refractivity (Wildman–Crippen MR) is 96.7 cm³/mol. The van der Waals surface area contributed by atoms with Crippen molar-refractivity contribution >= 4 is 5.91 Å². The standard InChI is InChI=1S/C19H25N5O2/c25-19(15-2-1-7-20-12-15)21-8-3-17-13-23(16-5-10-26-11-6-16)14-18-4-9-22-24(17)18/h1-2,4,7,9,12,16-17H,3,5-6,8,10-11,13-14H2,(H,21,25). The number of amides is 1. The number of carbonyl (C=O) groups is 1. The molecule has 0 saturated carbocycles. The second kappa shape index (κ2) is 7.97. The van der Waals surface area contributed by atoms with Crippen molar-refractivity contribution in [2.45, 2.75) is 37.9 Å². The molecule has 138 valence electrons. The molecule has 0 bridgehead atoms. The first-order valence-electron chi connectivity index (χ1n) is 9.33. The number of rotatable bonds is 5. The van der Waals surface area contributed by atoms with Crippen molar-refractivity contribution in [3.63, 3.8) is 0 Å². The van der Waals surface area contributed by atoms with E-state index in [1.54, 1.807) is 24.5 Å². The highest BCUT2D eigenvalue weighted by Gasteiger charge is 2.30. The highest BCUT2D eigenvalue weighted by atomic mass is 16.5. The molecule has 2 aliphatic rings. The maximum absolute atomic E-state index is 12.2. The van der Waals surface area contributed by atoms with Crippen LogP contribution in [0.1, 0.15) is 41.4 Å². The van der Waals surface area contributed by atoms with Crippen LogP contribution in [0.3, 0.4) is 0 Å². The van der Waals surface area contributed by atoms with Crippen molar-refractivity contribution in [3.8, 4) is 0 Å². The third-order valence-electron chi connectivity index (χ3n) is 5.30. The van der Waals surface area contributed by atoms with Gasteiger partial charge in [-0.15, -0.1) is 0 Å². The van der Waals surface area contributed by atoms with E-state index in [0.717, 1.165) is 45.6 Å². The summed E-state index contributed by atoms with van der Waals surface area (Å²) in [5, 5.41) is 7.52. The zero-order chi connectivity index (χ0) is 17.8. The van der Waals surface area contributed by atoms with Gasteiger partial charge >= 0.3 is 0 Å². The molecule has 1 amide bonds. The zero-order valence-corrected chi connectivity index (χ0v) is 14.9. The lowest BCUT2D eigenvalue weighted by atomic mass is 10.0. The fourth-order valence-corrected chi connectivity index (χ4v) is 3.91. The topological polar surface area (TPSA) is 72.3 Å². The third-order valence-corrected chi connectivity index (χ3v) is 5.30. The second-order valence-corrected chi connectivity index (χ2v) is 6.98. The van der Waals surface area contributed by atoms with Gasteiger partial charge in [0.15, 0.2) is 0 Å². The van der Waals surface area contributed by atoms with Gasteiger partial charge in [-0.2, -0.15) is 5.10 Å². The minimum Gasteiger partial charge on any atom is -0.381 e. The number of nitrogens with zero attached hydrogens (tertiary/aromatic N) is 4. The molecule has 4 heterocycles. The Labute approximate surface area is 153 Å². The molecular formula is C19H25N5O2. The first-order chi connectivity index (χ1) is 12.8. The molecule has 1 N–H and O–H groups in total. The molecule has 2 aromatic rings. The summed E-state index contributed by atoms with van der Waals surface area (Å²) in [4.78, 5) is 18.8. The molecule has 2 aromatic heterocycles. The van der Waals surface area contributed by atoms with Gasteiger partial charge in [-0.25, -0.2) is 0 Å². The minimum atomic E-state index is -0.0733. The number of carbonyl (C=O) groups excluding carboxylic acids is 1. The number of nitrogens with one attached hydrogen (secondary N) is 1. The van der Waals surface area contributed by atoms with E-state index < -0.39 is 0 Å². The van der Waals surface area contributed by atoms with E-state index in [-0.39, 0.29) is 11.9 Å². The van der Waals surface area contributed by atoms with Crippen LogP contribution in [0.5, 0.6) is 0 Å². The summed E-state index contributed by atoms with van der Waals surface area (Å²) in [5.41, 5.74) is 1.85. The summed E-state index contributed by atoms with van der Waals surface area (Å²) in [6, 6.07) is 6.53. The van der Waals surface area contributed by atoms with Gasteiger partial charge in [0.25, 0.3) is 5.91 Å². The number of aromatic nitrogens is 3. The van der Waals surface area contributed by atoms with Crippen LogP contribution in [-0.2, 0) is 11.3 Å². The molecule has 4 rings (SSSR count). The van der Waals surface area contributed by atoms with Gasteiger partial charge in [-0.05, 0) is 37.5 Å². The number of fused-ring (bicyclic) bond motifs is 1. The molecule has 1 saturated heterocycles. The van der Waals surface area contributed by atoms with Crippen LogP contribution >= 0.6 is 0 Å². The normalized spacial score (nSPS) is 21.3. The highest BCUT2D eigenvalue weighted by molar-refractivity contribution is 5.93. The van der Waals surface area contributed by atoms with Gasteiger partial charge in [-0.3, -0.25) is 19.4 Å². The van der Waals surface area contributed by atoms with Crippen molar-refractivity contribution < 1.29 is 9.53 Å². The Kier molecular flexibility index (Phi) is 5.26. The van der Waals surface area contributed by atoms with Gasteiger partial charge in [0.1, 0.15) is 0 Å². The van der Waals surface area contributed by atoms with Crippen LogP contribution in [-0.4, -0.2) is 57.9 Å². The molecule has 0 radical (unpaired) electrons. The summed E-state index contributed by atoms with van der Waals surface area (Å²) in [5.74, 6) is -0.0733. The number of hydrogen-bond donors (Lipinski definition) is 1. The highest BCUT2D eigenvalue weighted by Crippen LogP contribution is 2.27. The maximum atomic E-state index is 12.2. The fourth-order valence-electron chi connectivity index (χ4n) is 3.91. The molecule has 1 atom stereocenters. The van der Waals surface area contributed by atoms with Crippen LogP contribution in [0.2, 0.25) is 0 Å². The SMILES string of the molecule is O=C(NCCC1CN(C2CCOCC2)Cc2ccnn21)c1cccnc1. The summed E-state index contributed by atoms with van der Waals surface area (Å²) in [6.07, 6.45) is 8.19. The van der Waals surface area contributed by atoms with Crippen molar-refractivity contribution in [1.82, 2.24) is 25.0 Å². The Balaban J connectivity index is 1.37. The van der Waals surface area contributed by atoms with E-state index >= 15 is 0 Å². The predicted octanol–water partition coefficient (Wildman–Crippen LogP) is 1.63. The third kappa shape index (κ3) is 3.78. The Bertz CT molecular complexity index is 727. The first kappa shape index (κ1) is 17.2. The van der Waals surface area contributed by atoms with Crippen molar-refractivity contribution in [1.29, 1.82) is 0 Å². The largest absolute Gasteiger partial charge is 0.381 e. The van der Waals surface area contributed by atoms with Gasteiger partial charge in [0.2, 0.25) is 0 Å². The summed E-state index contributed by atoms with van der Waals surface area (Å²) in [7, 11) is 0. The number of ether oxygens (including phenoxy) is 1. The zero-order valence-electron chi connectivity index (χ0n) is 14.9. The summed E-state index contributed by atoms with van der Waals surface area (Å²) in [6.45, 7) is 4.25. The average molecular weight is 355 g/mol. The average Bonchev–Trinajstić information content (AvgIpc) is 3.18. The van der Waals surface area contributed by atoms with Crippen LogP contribution in [0.15, 0.2) is 36.8 Å². The van der Waals surface area contributed by atoms with Crippen molar-refractivity contribution in [3.05, 3.63) is 48.0 Å². The molecule has 0 spiro atoms. The number of hydrogen-bond acceptors (Lipinski definition) is 5. The molecule has 1 fully saturated rings. The first-order valence-corrected chi connectivity index (χ1v) is 9.33. The Morgan fingerprint density at radius 3 is 2.96 bits per heavy atom. The molecule has 7 nitrogen and oxygen atoms in total. The number of pyridine rings is 1. The molecular weight excluding hydrogens is 330 g/mol. The van der Waals surface area contributed by atoms with E-state index in [4.69, 9.17) is 4.74 Å². The Morgan fingerprint density at radius 1 is 1.27 bits per heavy atom. The summed E-state index contributed by atoms with van der Waals surface area (Å²) < 4.78 is 7.64. The van der Waals surface area contributed by atoms with Crippen LogP contribution in [0, 0.1) is 0 Å². The molecule has 1 unspecified atom stereocenters. The van der Waals surface area contributed by atoms with E-state index in [2.05, 4.69) is 31.0 Å². The molecule has 26 heavy (non-hydrogen) atoms. The fraction of sp³-hybridized carbons (Fsp3) is 0.526. The lowest BCUT2D eigenvalue weighted by Gasteiger charge is -2.40. The van der Waals surface area contributed by atoms with E-state index in [0.29, 0.717) is 18.2 Å². The van der Waals surface area contributed by atoms with Gasteiger partial charge in [0.05, 0.1) is 17.3 Å². The van der Waals surface area contributed by atoms with Crippen LogP contribution in [0.4, 0.5) is 0 Å². The lowest BCUT2D eigenvalue weighted by Crippen LogP contribution is -2.46. The van der Waals surface area contributed by atoms with Crippen molar-refractivity contribution in [2.75, 3.05) is 26.3 Å². The molecule has 0 aromatic carbocycles. The molecule has 0 aliphatic carbocycles. The molecule has 2 aliphatic heterocycles. The van der Waals surface area contributed by atoms with E-state index in [9.17, 15) is 4.79 Å². The Morgan fingerprint density at radius 2 is 2.15 bits per heavy atom. The summed E-state index contributed by atoms with van der Waals surface area (Å²) >= 11 is 0. The van der Waals surface area contributed by atoms with Gasteiger partial charge in [0, 0.05) is 57.5 Å². The van der Waals surface area contributed by atoms with Gasteiger partial charge < -0.3 is 10.1 Å². The van der Waals surface area contributed by atoms with E-state index in [1.165, 1.54) is 5.69 Å². The molecule has 7 heteroatoms. The minimum absolute atomic E-state index is 0.0733. The second-order valence-electron chi connectivity index (χ2n) is 6.98. The van der Waals surface area contributed by atoms with E-state index in [1.807, 2.05) is 6.20 Å². The van der Waals surface area contributed by atoms with Crippen molar-refractivity contribution in [2.24, 2.45) is 0 Å².